The lowest BCUT2D eigenvalue weighted by Gasteiger charge is -2.25. The highest BCUT2D eigenvalue weighted by atomic mass is 19.1. The Morgan fingerprint density at radius 2 is 1.91 bits per heavy atom. The second-order valence-corrected chi connectivity index (χ2v) is 6.28. The van der Waals surface area contributed by atoms with Gasteiger partial charge < -0.3 is 15.5 Å². The number of hydrogen-bond acceptors (Lipinski definition) is 2. The number of anilines is 1. The molecule has 1 saturated carbocycles. The van der Waals surface area contributed by atoms with Crippen LogP contribution in [0.1, 0.15) is 38.5 Å². The minimum atomic E-state index is -0.427. The van der Waals surface area contributed by atoms with Crippen molar-refractivity contribution in [2.24, 2.45) is 0 Å². The molecule has 124 valence electrons. The second-order valence-electron chi connectivity index (χ2n) is 6.28. The number of urea groups is 1. The Morgan fingerprint density at radius 1 is 1.13 bits per heavy atom. The Bertz CT molecular complexity index is 587. The summed E-state index contributed by atoms with van der Waals surface area (Å²) >= 11 is 0. The summed E-state index contributed by atoms with van der Waals surface area (Å²) < 4.78 is 13.2. The molecule has 0 aromatic heterocycles. The molecule has 1 aliphatic heterocycles. The van der Waals surface area contributed by atoms with Crippen molar-refractivity contribution in [3.8, 4) is 0 Å². The zero-order chi connectivity index (χ0) is 16.2. The van der Waals surface area contributed by atoms with Crippen LogP contribution in [-0.4, -0.2) is 35.5 Å². The van der Waals surface area contributed by atoms with Gasteiger partial charge in [0.1, 0.15) is 11.9 Å². The summed E-state index contributed by atoms with van der Waals surface area (Å²) in [5.74, 6) is -0.469. The third kappa shape index (κ3) is 3.81. The smallest absolute Gasteiger partial charge is 0.322 e. The van der Waals surface area contributed by atoms with E-state index < -0.39 is 11.9 Å². The van der Waals surface area contributed by atoms with Crippen molar-refractivity contribution in [3.63, 3.8) is 0 Å². The maximum absolute atomic E-state index is 13.2. The Balaban J connectivity index is 1.61. The van der Waals surface area contributed by atoms with Crippen LogP contribution in [0.5, 0.6) is 0 Å². The van der Waals surface area contributed by atoms with Gasteiger partial charge in [-0.3, -0.25) is 4.79 Å². The summed E-state index contributed by atoms with van der Waals surface area (Å²) in [6.07, 6.45) is 5.83. The fraction of sp³-hybridized carbons (Fsp3) is 0.529. The van der Waals surface area contributed by atoms with Crippen LogP contribution in [0.15, 0.2) is 24.3 Å². The molecule has 1 aromatic rings. The number of carbonyl (C=O) groups excluding carboxylic acids is 2. The molecule has 0 unspecified atom stereocenters. The van der Waals surface area contributed by atoms with Crippen molar-refractivity contribution in [3.05, 3.63) is 30.1 Å². The fourth-order valence-electron chi connectivity index (χ4n) is 3.41. The van der Waals surface area contributed by atoms with Crippen LogP contribution in [0.3, 0.4) is 0 Å². The standard InChI is InChI=1S/C17H22FN3O2/c18-12-5-3-8-14(11-12)20-17(23)21-10-4-9-15(21)16(22)19-13-6-1-2-7-13/h3,5,8,11,13,15H,1-2,4,6-7,9-10H2,(H,19,22)(H,20,23)/t15-/m1/s1. The summed E-state index contributed by atoms with van der Waals surface area (Å²) in [6.45, 7) is 0.546. The van der Waals surface area contributed by atoms with E-state index in [2.05, 4.69) is 10.6 Å². The third-order valence-electron chi connectivity index (χ3n) is 4.59. The van der Waals surface area contributed by atoms with Gasteiger partial charge in [0.15, 0.2) is 0 Å². The Morgan fingerprint density at radius 3 is 2.65 bits per heavy atom. The van der Waals surface area contributed by atoms with E-state index in [1.165, 1.54) is 12.1 Å². The van der Waals surface area contributed by atoms with Gasteiger partial charge in [0, 0.05) is 18.3 Å². The number of nitrogens with one attached hydrogen (secondary N) is 2. The number of hydrogen-bond donors (Lipinski definition) is 2. The number of rotatable bonds is 3. The van der Waals surface area contributed by atoms with Crippen LogP contribution in [0.25, 0.3) is 0 Å². The van der Waals surface area contributed by atoms with Gasteiger partial charge in [-0.05, 0) is 43.9 Å². The third-order valence-corrected chi connectivity index (χ3v) is 4.59. The van der Waals surface area contributed by atoms with E-state index in [1.54, 1.807) is 17.0 Å². The summed E-state index contributed by atoms with van der Waals surface area (Å²) in [7, 11) is 0. The number of nitrogens with zero attached hydrogens (tertiary/aromatic N) is 1. The van der Waals surface area contributed by atoms with E-state index in [0.717, 1.165) is 32.1 Å². The highest BCUT2D eigenvalue weighted by molar-refractivity contribution is 5.94. The van der Waals surface area contributed by atoms with E-state index in [4.69, 9.17) is 0 Å². The minimum Gasteiger partial charge on any atom is -0.352 e. The Kier molecular flexibility index (Phi) is 4.79. The van der Waals surface area contributed by atoms with E-state index in [0.29, 0.717) is 18.7 Å². The predicted molar refractivity (Wildman–Crippen MR) is 85.5 cm³/mol. The number of benzene rings is 1. The second kappa shape index (κ2) is 6.98. The van der Waals surface area contributed by atoms with Crippen LogP contribution in [0.4, 0.5) is 14.9 Å². The van der Waals surface area contributed by atoms with Crippen molar-refractivity contribution in [1.29, 1.82) is 0 Å². The molecular weight excluding hydrogens is 297 g/mol. The van der Waals surface area contributed by atoms with E-state index in [-0.39, 0.29) is 18.0 Å². The van der Waals surface area contributed by atoms with Crippen LogP contribution < -0.4 is 10.6 Å². The first-order valence-corrected chi connectivity index (χ1v) is 8.27. The highest BCUT2D eigenvalue weighted by Gasteiger charge is 2.35. The van der Waals surface area contributed by atoms with Crippen LogP contribution in [0, 0.1) is 5.82 Å². The lowest BCUT2D eigenvalue weighted by Crippen LogP contribution is -2.49. The molecule has 1 atom stereocenters. The van der Waals surface area contributed by atoms with Crippen molar-refractivity contribution in [1.82, 2.24) is 10.2 Å². The topological polar surface area (TPSA) is 61.4 Å². The van der Waals surface area contributed by atoms with Crippen molar-refractivity contribution in [2.45, 2.75) is 50.6 Å². The van der Waals surface area contributed by atoms with Crippen LogP contribution in [-0.2, 0) is 4.79 Å². The molecule has 5 nitrogen and oxygen atoms in total. The van der Waals surface area contributed by atoms with Gasteiger partial charge in [-0.15, -0.1) is 0 Å². The molecule has 1 saturated heterocycles. The lowest BCUT2D eigenvalue weighted by atomic mass is 10.1. The normalized spacial score (nSPS) is 21.4. The molecule has 23 heavy (non-hydrogen) atoms. The van der Waals surface area contributed by atoms with E-state index in [9.17, 15) is 14.0 Å². The van der Waals surface area contributed by atoms with Gasteiger partial charge in [-0.2, -0.15) is 0 Å². The average Bonchev–Trinajstić information content (AvgIpc) is 3.18. The van der Waals surface area contributed by atoms with Crippen LogP contribution >= 0.6 is 0 Å². The highest BCUT2D eigenvalue weighted by Crippen LogP contribution is 2.22. The van der Waals surface area contributed by atoms with Gasteiger partial charge >= 0.3 is 6.03 Å². The molecule has 2 N–H and O–H groups in total. The van der Waals surface area contributed by atoms with Gasteiger partial charge in [-0.1, -0.05) is 18.9 Å². The van der Waals surface area contributed by atoms with Gasteiger partial charge in [0.2, 0.25) is 5.91 Å². The quantitative estimate of drug-likeness (QED) is 0.900. The predicted octanol–water partition coefficient (Wildman–Crippen LogP) is 2.88. The molecule has 2 fully saturated rings. The lowest BCUT2D eigenvalue weighted by molar-refractivity contribution is -0.125. The molecular formula is C17H22FN3O2. The molecule has 1 aromatic carbocycles. The molecule has 0 spiro atoms. The summed E-state index contributed by atoms with van der Waals surface area (Å²) in [5, 5.41) is 5.73. The molecule has 1 aliphatic carbocycles. The van der Waals surface area contributed by atoms with Gasteiger partial charge in [-0.25, -0.2) is 9.18 Å². The zero-order valence-electron chi connectivity index (χ0n) is 13.1. The molecule has 2 aliphatic rings. The summed E-state index contributed by atoms with van der Waals surface area (Å²) in [5.41, 5.74) is 0.400. The fourth-order valence-corrected chi connectivity index (χ4v) is 3.41. The van der Waals surface area contributed by atoms with Crippen molar-refractivity contribution >= 4 is 17.6 Å². The molecule has 3 rings (SSSR count). The maximum Gasteiger partial charge on any atom is 0.322 e. The number of carbonyl (C=O) groups is 2. The average molecular weight is 319 g/mol. The van der Waals surface area contributed by atoms with Gasteiger partial charge in [0.25, 0.3) is 0 Å². The monoisotopic (exact) mass is 319 g/mol. The largest absolute Gasteiger partial charge is 0.352 e. The van der Waals surface area contributed by atoms with Crippen LogP contribution in [0.2, 0.25) is 0 Å². The first-order chi connectivity index (χ1) is 11.1. The molecule has 0 radical (unpaired) electrons. The maximum atomic E-state index is 13.2. The SMILES string of the molecule is O=C(NC1CCCC1)[C@H]1CCCN1C(=O)Nc1cccc(F)c1. The number of halogens is 1. The van der Waals surface area contributed by atoms with E-state index in [1.807, 2.05) is 0 Å². The zero-order valence-corrected chi connectivity index (χ0v) is 13.1. The summed E-state index contributed by atoms with van der Waals surface area (Å²) in [4.78, 5) is 26.4. The van der Waals surface area contributed by atoms with Gasteiger partial charge in [0.05, 0.1) is 0 Å². The van der Waals surface area contributed by atoms with E-state index >= 15 is 0 Å². The molecule has 3 amide bonds. The minimum absolute atomic E-state index is 0.0659. The number of amides is 3. The first-order valence-electron chi connectivity index (χ1n) is 8.27. The molecule has 0 bridgehead atoms. The molecule has 1 heterocycles. The van der Waals surface area contributed by atoms with Crippen molar-refractivity contribution in [2.75, 3.05) is 11.9 Å². The Hall–Kier alpha value is -2.11. The Labute approximate surface area is 135 Å². The molecule has 6 heteroatoms. The first kappa shape index (κ1) is 15.8. The summed E-state index contributed by atoms with van der Waals surface area (Å²) in [6, 6.07) is 5.23. The van der Waals surface area contributed by atoms with Crippen molar-refractivity contribution < 1.29 is 14.0 Å². The number of likely N-dealkylation sites (tertiary alicyclic amines) is 1.